The summed E-state index contributed by atoms with van der Waals surface area (Å²) >= 11 is 6.69. The molecule has 0 aliphatic heterocycles. The third-order valence-corrected chi connectivity index (χ3v) is 2.03. The highest BCUT2D eigenvalue weighted by Gasteiger charge is 2.11. The van der Waals surface area contributed by atoms with Crippen LogP contribution in [0.3, 0.4) is 0 Å². The second-order valence-corrected chi connectivity index (χ2v) is 3.08. The zero-order chi connectivity index (χ0) is 9.14. The molecule has 64 valence electrons. The molecule has 0 radical (unpaired) electrons. The van der Waals surface area contributed by atoms with Gasteiger partial charge in [0.25, 0.3) is 0 Å². The van der Waals surface area contributed by atoms with E-state index in [4.69, 9.17) is 16.7 Å². The van der Waals surface area contributed by atoms with Crippen molar-refractivity contribution in [3.05, 3.63) is 16.8 Å². The zero-order valence-corrected chi connectivity index (χ0v) is 7.69. The van der Waals surface area contributed by atoms with Crippen molar-refractivity contribution in [3.8, 4) is 0 Å². The second-order valence-electron chi connectivity index (χ2n) is 1.90. The molecule has 0 saturated carbocycles. The van der Waals surface area contributed by atoms with Gasteiger partial charge in [-0.15, -0.1) is 22.0 Å². The van der Waals surface area contributed by atoms with Crippen LogP contribution in [-0.4, -0.2) is 27.5 Å². The number of carboxylic acids is 1. The van der Waals surface area contributed by atoms with Crippen LogP contribution >= 0.6 is 23.4 Å². The smallest absolute Gasteiger partial charge is 0.338 e. The number of halogens is 1. The predicted octanol–water partition coefficient (Wildman–Crippen LogP) is 1.55. The maximum atomic E-state index is 10.6. The molecule has 1 aromatic rings. The third-order valence-electron chi connectivity index (χ3n) is 1.15. The van der Waals surface area contributed by atoms with Crippen molar-refractivity contribution in [2.45, 2.75) is 5.03 Å². The lowest BCUT2D eigenvalue weighted by atomic mass is 10.3. The van der Waals surface area contributed by atoms with E-state index < -0.39 is 5.97 Å². The Hall–Kier alpha value is -0.810. The molecule has 0 aliphatic rings. The Morgan fingerprint density at radius 2 is 2.33 bits per heavy atom. The fraction of sp³-hybridized carbons (Fsp3) is 0.167. The minimum Gasteiger partial charge on any atom is -0.478 e. The first kappa shape index (κ1) is 9.28. The zero-order valence-electron chi connectivity index (χ0n) is 6.11. The molecule has 1 N–H and O–H groups in total. The van der Waals surface area contributed by atoms with E-state index in [1.807, 2.05) is 0 Å². The lowest BCUT2D eigenvalue weighted by Gasteiger charge is -1.99. The van der Waals surface area contributed by atoms with Crippen LogP contribution in [-0.2, 0) is 0 Å². The molecule has 0 fully saturated rings. The first-order chi connectivity index (χ1) is 5.65. The average Bonchev–Trinajstić information content (AvgIpc) is 2.04. The Morgan fingerprint density at radius 1 is 1.67 bits per heavy atom. The van der Waals surface area contributed by atoms with Crippen LogP contribution in [0.5, 0.6) is 0 Å². The van der Waals surface area contributed by atoms with E-state index in [2.05, 4.69) is 10.2 Å². The number of aromatic carboxylic acids is 1. The van der Waals surface area contributed by atoms with Crippen LogP contribution in [0.4, 0.5) is 0 Å². The van der Waals surface area contributed by atoms with Gasteiger partial charge in [0.15, 0.2) is 5.15 Å². The molecule has 0 aromatic carbocycles. The van der Waals surface area contributed by atoms with Gasteiger partial charge in [-0.3, -0.25) is 0 Å². The highest BCUT2D eigenvalue weighted by atomic mass is 35.5. The molecule has 0 amide bonds. The van der Waals surface area contributed by atoms with Gasteiger partial charge in [0.1, 0.15) is 5.03 Å². The summed E-state index contributed by atoms with van der Waals surface area (Å²) in [5, 5.41) is 16.3. The summed E-state index contributed by atoms with van der Waals surface area (Å²) in [7, 11) is 0. The van der Waals surface area contributed by atoms with E-state index in [-0.39, 0.29) is 10.7 Å². The van der Waals surface area contributed by atoms with Crippen LogP contribution in [0.1, 0.15) is 10.4 Å². The number of carboxylic acid groups (broad SMARTS) is 1. The number of hydrogen-bond acceptors (Lipinski definition) is 4. The monoisotopic (exact) mass is 204 g/mol. The SMILES string of the molecule is CSc1nnc(Cl)cc1C(=O)O. The summed E-state index contributed by atoms with van der Waals surface area (Å²) in [4.78, 5) is 10.6. The van der Waals surface area contributed by atoms with Gasteiger partial charge in [0.2, 0.25) is 0 Å². The average molecular weight is 205 g/mol. The molecule has 12 heavy (non-hydrogen) atoms. The van der Waals surface area contributed by atoms with Crippen molar-refractivity contribution in [1.82, 2.24) is 10.2 Å². The summed E-state index contributed by atoms with van der Waals surface area (Å²) in [6, 6.07) is 1.28. The fourth-order valence-corrected chi connectivity index (χ4v) is 1.30. The standard InChI is InChI=1S/C6H5ClN2O2S/c1-12-5-3(6(10)11)2-4(7)8-9-5/h2H,1H3,(H,10,11). The van der Waals surface area contributed by atoms with Gasteiger partial charge in [-0.1, -0.05) is 11.6 Å². The third kappa shape index (κ3) is 1.86. The molecule has 1 aromatic heterocycles. The topological polar surface area (TPSA) is 63.1 Å². The summed E-state index contributed by atoms with van der Waals surface area (Å²) in [5.41, 5.74) is 0.0856. The first-order valence-electron chi connectivity index (χ1n) is 2.95. The van der Waals surface area contributed by atoms with Crippen molar-refractivity contribution < 1.29 is 9.90 Å². The number of nitrogens with zero attached hydrogens (tertiary/aromatic N) is 2. The van der Waals surface area contributed by atoms with Gasteiger partial charge in [-0.25, -0.2) is 4.79 Å². The normalized spacial score (nSPS) is 9.83. The minimum atomic E-state index is -1.05. The summed E-state index contributed by atoms with van der Waals surface area (Å²) in [5.74, 6) is -1.05. The van der Waals surface area contributed by atoms with Crippen molar-refractivity contribution in [1.29, 1.82) is 0 Å². The highest BCUT2D eigenvalue weighted by Crippen LogP contribution is 2.18. The van der Waals surface area contributed by atoms with Crippen molar-refractivity contribution >= 4 is 29.3 Å². The Bertz CT molecular complexity index is 318. The minimum absolute atomic E-state index is 0.0856. The lowest BCUT2D eigenvalue weighted by molar-refractivity contribution is 0.0692. The molecular weight excluding hydrogens is 200 g/mol. The Balaban J connectivity index is 3.21. The van der Waals surface area contributed by atoms with Gasteiger partial charge < -0.3 is 5.11 Å². The largest absolute Gasteiger partial charge is 0.478 e. The second kappa shape index (κ2) is 3.73. The molecule has 0 spiro atoms. The van der Waals surface area contributed by atoms with Crippen LogP contribution in [0.25, 0.3) is 0 Å². The summed E-state index contributed by atoms with van der Waals surface area (Å²) in [6.45, 7) is 0. The van der Waals surface area contributed by atoms with Gasteiger partial charge in [0.05, 0.1) is 5.56 Å². The van der Waals surface area contributed by atoms with E-state index in [0.717, 1.165) is 0 Å². The van der Waals surface area contributed by atoms with E-state index in [1.165, 1.54) is 17.8 Å². The highest BCUT2D eigenvalue weighted by molar-refractivity contribution is 7.98. The quantitative estimate of drug-likeness (QED) is 0.741. The van der Waals surface area contributed by atoms with Gasteiger partial charge in [0, 0.05) is 0 Å². The van der Waals surface area contributed by atoms with Crippen LogP contribution in [0.2, 0.25) is 5.15 Å². The molecule has 6 heteroatoms. The number of hydrogen-bond donors (Lipinski definition) is 1. The van der Waals surface area contributed by atoms with Gasteiger partial charge in [-0.05, 0) is 12.3 Å². The molecule has 1 heterocycles. The maximum Gasteiger partial charge on any atom is 0.338 e. The molecular formula is C6H5ClN2O2S. The van der Waals surface area contributed by atoms with E-state index >= 15 is 0 Å². The van der Waals surface area contributed by atoms with Crippen molar-refractivity contribution in [2.24, 2.45) is 0 Å². The van der Waals surface area contributed by atoms with Gasteiger partial charge in [-0.2, -0.15) is 0 Å². The molecule has 0 unspecified atom stereocenters. The summed E-state index contributed by atoms with van der Waals surface area (Å²) < 4.78 is 0. The molecule has 1 rings (SSSR count). The van der Waals surface area contributed by atoms with Crippen LogP contribution in [0.15, 0.2) is 11.1 Å². The van der Waals surface area contributed by atoms with E-state index in [9.17, 15) is 4.79 Å². The van der Waals surface area contributed by atoms with E-state index in [1.54, 1.807) is 6.26 Å². The maximum absolute atomic E-state index is 10.6. The molecule has 4 nitrogen and oxygen atoms in total. The van der Waals surface area contributed by atoms with Crippen molar-refractivity contribution in [3.63, 3.8) is 0 Å². The number of aromatic nitrogens is 2. The Kier molecular flexibility index (Phi) is 2.88. The van der Waals surface area contributed by atoms with Crippen LogP contribution < -0.4 is 0 Å². The van der Waals surface area contributed by atoms with E-state index in [0.29, 0.717) is 5.03 Å². The Morgan fingerprint density at radius 3 is 2.83 bits per heavy atom. The van der Waals surface area contributed by atoms with Gasteiger partial charge >= 0.3 is 5.97 Å². The Labute approximate surface area is 78.0 Å². The van der Waals surface area contributed by atoms with Crippen LogP contribution in [0, 0.1) is 0 Å². The fourth-order valence-electron chi connectivity index (χ4n) is 0.661. The number of carbonyl (C=O) groups is 1. The first-order valence-corrected chi connectivity index (χ1v) is 4.56. The molecule has 0 saturated heterocycles. The number of thioether (sulfide) groups is 1. The summed E-state index contributed by atoms with van der Waals surface area (Å²) in [6.07, 6.45) is 1.73. The predicted molar refractivity (Wildman–Crippen MR) is 45.8 cm³/mol. The lowest BCUT2D eigenvalue weighted by Crippen LogP contribution is -2.02. The number of rotatable bonds is 2. The molecule has 0 bridgehead atoms. The molecule has 0 atom stereocenters. The van der Waals surface area contributed by atoms with Crippen molar-refractivity contribution in [2.75, 3.05) is 6.26 Å². The molecule has 0 aliphatic carbocycles.